The highest BCUT2D eigenvalue weighted by Crippen LogP contribution is 2.20. The largest absolute Gasteiger partial charge is 0.454 e. The van der Waals surface area contributed by atoms with Crippen LogP contribution in [0.1, 0.15) is 20.7 Å². The third kappa shape index (κ3) is 5.47. The van der Waals surface area contributed by atoms with E-state index in [0.717, 1.165) is 6.26 Å². The van der Waals surface area contributed by atoms with Crippen molar-refractivity contribution in [1.29, 1.82) is 0 Å². The molecular formula is C16H15ClN2O5S. The Balaban J connectivity index is 1.97. The number of ether oxygens (including phenoxy) is 1. The highest BCUT2D eigenvalue weighted by atomic mass is 35.5. The van der Waals surface area contributed by atoms with Gasteiger partial charge in [-0.05, 0) is 42.5 Å². The molecule has 2 rings (SSSR count). The van der Waals surface area contributed by atoms with Gasteiger partial charge in [0.1, 0.15) is 0 Å². The van der Waals surface area contributed by atoms with Crippen LogP contribution in [0.25, 0.3) is 0 Å². The van der Waals surface area contributed by atoms with Gasteiger partial charge in [0.15, 0.2) is 12.4 Å². The molecule has 2 aromatic rings. The van der Waals surface area contributed by atoms with E-state index in [-0.39, 0.29) is 16.8 Å². The summed E-state index contributed by atoms with van der Waals surface area (Å²) in [7, 11) is -3.39. The number of carbonyl (C=O) groups excluding carboxylic acids is 2. The smallest absolute Gasteiger partial charge is 0.338 e. The number of nitrogens with one attached hydrogen (secondary N) is 1. The van der Waals surface area contributed by atoms with Gasteiger partial charge in [0.05, 0.1) is 22.5 Å². The maximum absolute atomic E-state index is 12.0. The highest BCUT2D eigenvalue weighted by molar-refractivity contribution is 7.92. The summed E-state index contributed by atoms with van der Waals surface area (Å²) >= 11 is 5.77. The number of nitrogen functional groups attached to an aromatic ring is 1. The molecule has 132 valence electrons. The summed E-state index contributed by atoms with van der Waals surface area (Å²) < 4.78 is 29.5. The molecule has 0 atom stereocenters. The van der Waals surface area contributed by atoms with Crippen molar-refractivity contribution in [3.63, 3.8) is 0 Å². The van der Waals surface area contributed by atoms with Crippen LogP contribution in [-0.2, 0) is 14.8 Å². The number of carbonyl (C=O) groups is 2. The molecule has 7 nitrogen and oxygen atoms in total. The number of rotatable bonds is 6. The standard InChI is InChI=1S/C16H15ClN2O5S/c1-25(22,23)19-12-5-2-10(3-6-12)15(20)9-24-16(21)11-4-7-13(17)14(18)8-11/h2-8,19H,9,18H2,1H3. The Bertz CT molecular complexity index is 911. The lowest BCUT2D eigenvalue weighted by Gasteiger charge is -2.07. The van der Waals surface area contributed by atoms with E-state index in [4.69, 9.17) is 22.1 Å². The minimum absolute atomic E-state index is 0.183. The van der Waals surface area contributed by atoms with Gasteiger partial charge in [-0.3, -0.25) is 9.52 Å². The van der Waals surface area contributed by atoms with Crippen LogP contribution in [0.4, 0.5) is 11.4 Å². The molecule has 0 spiro atoms. The Morgan fingerprint density at radius 3 is 2.28 bits per heavy atom. The first-order valence-corrected chi connectivity index (χ1v) is 9.26. The van der Waals surface area contributed by atoms with Gasteiger partial charge in [-0.25, -0.2) is 13.2 Å². The average molecular weight is 383 g/mol. The Morgan fingerprint density at radius 1 is 1.12 bits per heavy atom. The van der Waals surface area contributed by atoms with Crippen molar-refractivity contribution in [2.75, 3.05) is 23.3 Å². The summed E-state index contributed by atoms with van der Waals surface area (Å²) in [5, 5.41) is 0.315. The first-order valence-electron chi connectivity index (χ1n) is 6.99. The Labute approximate surface area is 149 Å². The molecule has 0 aliphatic heterocycles. The van der Waals surface area contributed by atoms with Crippen LogP contribution in [0, 0.1) is 0 Å². The van der Waals surface area contributed by atoms with Crippen LogP contribution in [-0.4, -0.2) is 33.0 Å². The lowest BCUT2D eigenvalue weighted by Crippen LogP contribution is -2.15. The SMILES string of the molecule is CS(=O)(=O)Nc1ccc(C(=O)COC(=O)c2ccc(Cl)c(N)c2)cc1. The van der Waals surface area contributed by atoms with Crippen LogP contribution in [0.15, 0.2) is 42.5 Å². The average Bonchev–Trinajstić information content (AvgIpc) is 2.54. The van der Waals surface area contributed by atoms with Crippen molar-refractivity contribution >= 4 is 44.8 Å². The second-order valence-electron chi connectivity index (χ2n) is 5.19. The van der Waals surface area contributed by atoms with Crippen LogP contribution >= 0.6 is 11.6 Å². The van der Waals surface area contributed by atoms with Crippen molar-refractivity contribution in [2.24, 2.45) is 0 Å². The van der Waals surface area contributed by atoms with E-state index < -0.39 is 28.4 Å². The van der Waals surface area contributed by atoms with Crippen LogP contribution < -0.4 is 10.5 Å². The molecule has 0 radical (unpaired) electrons. The Hall–Kier alpha value is -2.58. The van der Waals surface area contributed by atoms with E-state index in [1.165, 1.54) is 42.5 Å². The number of hydrogen-bond acceptors (Lipinski definition) is 6. The van der Waals surface area contributed by atoms with Gasteiger partial charge in [-0.15, -0.1) is 0 Å². The molecule has 2 aromatic carbocycles. The molecular weight excluding hydrogens is 368 g/mol. The third-order valence-electron chi connectivity index (χ3n) is 3.08. The van der Waals surface area contributed by atoms with E-state index >= 15 is 0 Å². The van der Waals surface area contributed by atoms with E-state index in [1.807, 2.05) is 0 Å². The van der Waals surface area contributed by atoms with Gasteiger partial charge in [0, 0.05) is 11.3 Å². The fraction of sp³-hybridized carbons (Fsp3) is 0.125. The number of nitrogens with two attached hydrogens (primary N) is 1. The number of anilines is 2. The maximum atomic E-state index is 12.0. The van der Waals surface area contributed by atoms with E-state index in [0.29, 0.717) is 10.7 Å². The molecule has 0 saturated heterocycles. The molecule has 9 heteroatoms. The van der Waals surface area contributed by atoms with Crippen LogP contribution in [0.3, 0.4) is 0 Å². The normalized spacial score (nSPS) is 11.0. The summed E-state index contributed by atoms with van der Waals surface area (Å²) in [5.74, 6) is -1.13. The summed E-state index contributed by atoms with van der Waals surface area (Å²) in [5.41, 5.74) is 6.63. The lowest BCUT2D eigenvalue weighted by atomic mass is 10.1. The number of ketones is 1. The molecule has 0 unspecified atom stereocenters. The van der Waals surface area contributed by atoms with Crippen LogP contribution in [0.5, 0.6) is 0 Å². The fourth-order valence-corrected chi connectivity index (χ4v) is 2.59. The predicted molar refractivity (Wildman–Crippen MR) is 95.4 cm³/mol. The first-order chi connectivity index (χ1) is 11.7. The number of sulfonamides is 1. The summed E-state index contributed by atoms with van der Waals surface area (Å²) in [6.45, 7) is -0.458. The summed E-state index contributed by atoms with van der Waals surface area (Å²) in [6, 6.07) is 10.0. The molecule has 0 fully saturated rings. The van der Waals surface area contributed by atoms with Gasteiger partial charge < -0.3 is 10.5 Å². The lowest BCUT2D eigenvalue weighted by molar-refractivity contribution is 0.0475. The monoisotopic (exact) mass is 382 g/mol. The number of hydrogen-bond donors (Lipinski definition) is 2. The minimum atomic E-state index is -3.39. The molecule has 0 heterocycles. The number of esters is 1. The van der Waals surface area contributed by atoms with E-state index in [1.54, 1.807) is 0 Å². The van der Waals surface area contributed by atoms with E-state index in [9.17, 15) is 18.0 Å². The molecule has 0 saturated carbocycles. The second-order valence-corrected chi connectivity index (χ2v) is 7.34. The molecule has 0 aliphatic carbocycles. The van der Waals surface area contributed by atoms with Crippen molar-refractivity contribution in [1.82, 2.24) is 0 Å². The van der Waals surface area contributed by atoms with Gasteiger partial charge in [0.25, 0.3) is 0 Å². The van der Waals surface area contributed by atoms with E-state index in [2.05, 4.69) is 4.72 Å². The number of halogens is 1. The summed E-state index contributed by atoms with van der Waals surface area (Å²) in [6.07, 6.45) is 1.02. The molecule has 0 aliphatic rings. The predicted octanol–water partition coefficient (Wildman–Crippen LogP) is 2.33. The van der Waals surface area contributed by atoms with Gasteiger partial charge in [-0.2, -0.15) is 0 Å². The van der Waals surface area contributed by atoms with Crippen molar-refractivity contribution in [2.45, 2.75) is 0 Å². The molecule has 3 N–H and O–H groups in total. The molecule has 0 amide bonds. The summed E-state index contributed by atoms with van der Waals surface area (Å²) in [4.78, 5) is 23.9. The minimum Gasteiger partial charge on any atom is -0.454 e. The number of benzene rings is 2. The fourth-order valence-electron chi connectivity index (χ4n) is 1.91. The third-order valence-corrected chi connectivity index (χ3v) is 4.03. The number of Topliss-reactive ketones (excluding diaryl/α,β-unsaturated/α-hetero) is 1. The zero-order valence-corrected chi connectivity index (χ0v) is 14.7. The first kappa shape index (κ1) is 18.8. The van der Waals surface area contributed by atoms with Gasteiger partial charge >= 0.3 is 5.97 Å². The van der Waals surface area contributed by atoms with Gasteiger partial charge in [-0.1, -0.05) is 11.6 Å². The molecule has 0 aromatic heterocycles. The Morgan fingerprint density at radius 2 is 1.72 bits per heavy atom. The van der Waals surface area contributed by atoms with Crippen molar-refractivity contribution in [3.8, 4) is 0 Å². The highest BCUT2D eigenvalue weighted by Gasteiger charge is 2.13. The maximum Gasteiger partial charge on any atom is 0.338 e. The zero-order valence-electron chi connectivity index (χ0n) is 13.2. The molecule has 25 heavy (non-hydrogen) atoms. The van der Waals surface area contributed by atoms with Crippen LogP contribution in [0.2, 0.25) is 5.02 Å². The zero-order chi connectivity index (χ0) is 18.6. The van der Waals surface area contributed by atoms with Crippen molar-refractivity contribution in [3.05, 3.63) is 58.6 Å². The topological polar surface area (TPSA) is 116 Å². The second kappa shape index (κ2) is 7.54. The van der Waals surface area contributed by atoms with Crippen molar-refractivity contribution < 1.29 is 22.7 Å². The Kier molecular flexibility index (Phi) is 5.66. The quantitative estimate of drug-likeness (QED) is 0.450. The van der Waals surface area contributed by atoms with Gasteiger partial charge in [0.2, 0.25) is 10.0 Å². The molecule has 0 bridgehead atoms.